The molecule has 0 heterocycles. The molecule has 2 aliphatic carbocycles. The van der Waals surface area contributed by atoms with E-state index in [1.54, 1.807) is 36.4 Å². The van der Waals surface area contributed by atoms with Crippen LogP contribution in [-0.2, 0) is 0 Å². The summed E-state index contributed by atoms with van der Waals surface area (Å²) in [5, 5.41) is 9.36. The van der Waals surface area contributed by atoms with E-state index in [0.29, 0.717) is 33.4 Å². The van der Waals surface area contributed by atoms with Gasteiger partial charge in [0.1, 0.15) is 11.6 Å². The van der Waals surface area contributed by atoms with Gasteiger partial charge in [0.05, 0.1) is 6.57 Å². The molecule has 2 aromatic carbocycles. The maximum atomic E-state index is 12.5. The van der Waals surface area contributed by atoms with E-state index in [2.05, 4.69) is 4.85 Å². The Morgan fingerprint density at radius 1 is 0.769 bits per heavy atom. The highest BCUT2D eigenvalue weighted by atomic mass is 16.1. The number of allylic oxidation sites excluding steroid dienone is 6. The highest BCUT2D eigenvalue weighted by Crippen LogP contribution is 2.39. The van der Waals surface area contributed by atoms with Crippen LogP contribution in [-0.4, -0.2) is 11.6 Å². The molecular weight excluding hydrogens is 324 g/mol. The molecule has 0 N–H and O–H groups in total. The quantitative estimate of drug-likeness (QED) is 0.677. The third-order valence-corrected chi connectivity index (χ3v) is 4.50. The molecule has 0 radical (unpaired) electrons. The average molecular weight is 334 g/mol. The largest absolute Gasteiger partial charge is 0.302 e. The summed E-state index contributed by atoms with van der Waals surface area (Å²) in [6.07, 6.45) is 3.09. The summed E-state index contributed by atoms with van der Waals surface area (Å²) in [5.74, 6) is -0.633. The number of rotatable bonds is 0. The maximum Gasteiger partial charge on any atom is 0.234 e. The highest BCUT2D eigenvalue weighted by Gasteiger charge is 2.29. The SMILES string of the molecule is [C-]#[N+]C1=CC(=C2C=C(C#N)C(=O)c3ccccc32)c2ccccc2C1=O. The van der Waals surface area contributed by atoms with Crippen molar-refractivity contribution in [2.75, 3.05) is 0 Å². The van der Waals surface area contributed by atoms with Crippen LogP contribution in [0.5, 0.6) is 0 Å². The first-order chi connectivity index (χ1) is 12.7. The van der Waals surface area contributed by atoms with Gasteiger partial charge in [-0.2, -0.15) is 5.26 Å². The fraction of sp³-hybridized carbons (Fsp3) is 0. The topological polar surface area (TPSA) is 62.3 Å². The lowest BCUT2D eigenvalue weighted by Gasteiger charge is -2.22. The van der Waals surface area contributed by atoms with Crippen molar-refractivity contribution < 1.29 is 9.59 Å². The minimum Gasteiger partial charge on any atom is -0.302 e. The van der Waals surface area contributed by atoms with Gasteiger partial charge in [-0.05, 0) is 34.4 Å². The number of carbonyl (C=O) groups is 2. The van der Waals surface area contributed by atoms with E-state index in [-0.39, 0.29) is 22.8 Å². The Kier molecular flexibility index (Phi) is 3.46. The highest BCUT2D eigenvalue weighted by molar-refractivity contribution is 6.24. The number of nitriles is 1. The third kappa shape index (κ3) is 2.14. The van der Waals surface area contributed by atoms with Gasteiger partial charge in [-0.15, -0.1) is 0 Å². The minimum atomic E-state index is -0.318. The van der Waals surface area contributed by atoms with E-state index in [1.807, 2.05) is 30.3 Å². The van der Waals surface area contributed by atoms with Gasteiger partial charge in [0.15, 0.2) is 5.78 Å². The van der Waals surface area contributed by atoms with Gasteiger partial charge in [0.2, 0.25) is 11.5 Å². The van der Waals surface area contributed by atoms with Crippen LogP contribution in [0.1, 0.15) is 31.8 Å². The van der Waals surface area contributed by atoms with Gasteiger partial charge in [0, 0.05) is 11.1 Å². The standard InChI is InChI=1S/C22H10N2O2/c1-24-20-11-19(15-7-3-5-9-17(15)22(20)26)18-10-13(12-23)21(25)16-8-4-2-6-14(16)18/h2-11H. The number of ketones is 2. The second kappa shape index (κ2) is 5.81. The Labute approximate surface area is 149 Å². The van der Waals surface area contributed by atoms with Crippen LogP contribution in [0.4, 0.5) is 0 Å². The van der Waals surface area contributed by atoms with Gasteiger partial charge < -0.3 is 4.79 Å². The molecule has 4 nitrogen and oxygen atoms in total. The van der Waals surface area contributed by atoms with Gasteiger partial charge in [-0.1, -0.05) is 48.5 Å². The lowest BCUT2D eigenvalue weighted by Crippen LogP contribution is -2.14. The third-order valence-electron chi connectivity index (χ3n) is 4.50. The van der Waals surface area contributed by atoms with Crippen molar-refractivity contribution in [3.63, 3.8) is 0 Å². The molecule has 0 unspecified atom stereocenters. The fourth-order valence-electron chi connectivity index (χ4n) is 3.29. The normalized spacial score (nSPS) is 18.1. The molecule has 0 aliphatic heterocycles. The second-order valence-electron chi connectivity index (χ2n) is 5.89. The summed E-state index contributed by atoms with van der Waals surface area (Å²) in [5.41, 5.74) is 3.67. The molecule has 0 spiro atoms. The Bertz CT molecular complexity index is 1090. The number of Topliss-reactive ketones (excluding diaryl/α,β-unsaturated/α-hetero) is 2. The first-order valence-electron chi connectivity index (χ1n) is 7.89. The molecule has 0 amide bonds. The molecule has 120 valence electrons. The molecule has 26 heavy (non-hydrogen) atoms. The van der Waals surface area contributed by atoms with E-state index < -0.39 is 0 Å². The van der Waals surface area contributed by atoms with E-state index >= 15 is 0 Å². The predicted octanol–water partition coefficient (Wildman–Crippen LogP) is 4.24. The number of fused-ring (bicyclic) bond motifs is 2. The Morgan fingerprint density at radius 2 is 1.27 bits per heavy atom. The number of nitrogens with zero attached hydrogens (tertiary/aromatic N) is 2. The molecule has 0 fully saturated rings. The predicted molar refractivity (Wildman–Crippen MR) is 96.7 cm³/mol. The molecule has 4 rings (SSSR count). The summed E-state index contributed by atoms with van der Waals surface area (Å²) in [6.45, 7) is 7.32. The Morgan fingerprint density at radius 3 is 1.81 bits per heavy atom. The van der Waals surface area contributed by atoms with Gasteiger partial charge in [0.25, 0.3) is 0 Å². The van der Waals surface area contributed by atoms with E-state index in [4.69, 9.17) is 6.57 Å². The van der Waals surface area contributed by atoms with Gasteiger partial charge in [-0.25, -0.2) is 4.85 Å². The summed E-state index contributed by atoms with van der Waals surface area (Å²) in [7, 11) is 0. The van der Waals surface area contributed by atoms with Gasteiger partial charge >= 0.3 is 0 Å². The van der Waals surface area contributed by atoms with Crippen LogP contribution < -0.4 is 0 Å². The van der Waals surface area contributed by atoms with Crippen LogP contribution in [0.15, 0.2) is 72.0 Å². The Hall–Kier alpha value is -4.02. The summed E-state index contributed by atoms with van der Waals surface area (Å²) in [4.78, 5) is 28.3. The summed E-state index contributed by atoms with van der Waals surface area (Å²) >= 11 is 0. The van der Waals surface area contributed by atoms with Crippen LogP contribution >= 0.6 is 0 Å². The maximum absolute atomic E-state index is 12.5. The monoisotopic (exact) mass is 334 g/mol. The smallest absolute Gasteiger partial charge is 0.234 e. The zero-order valence-electron chi connectivity index (χ0n) is 13.5. The summed E-state index contributed by atoms with van der Waals surface area (Å²) in [6, 6.07) is 16.1. The number of hydrogen-bond acceptors (Lipinski definition) is 3. The Balaban J connectivity index is 2.13. The first kappa shape index (κ1) is 15.5. The van der Waals surface area contributed by atoms with Crippen molar-refractivity contribution in [1.29, 1.82) is 5.26 Å². The lowest BCUT2D eigenvalue weighted by atomic mass is 9.80. The second-order valence-corrected chi connectivity index (χ2v) is 5.89. The minimum absolute atomic E-state index is 0.0208. The number of carbonyl (C=O) groups excluding carboxylic acids is 2. The number of hydrogen-bond donors (Lipinski definition) is 0. The van der Waals surface area contributed by atoms with Gasteiger partial charge in [-0.3, -0.25) is 4.79 Å². The first-order valence-corrected chi connectivity index (χ1v) is 7.89. The van der Waals surface area contributed by atoms with Crippen molar-refractivity contribution in [2.24, 2.45) is 0 Å². The molecule has 2 aliphatic rings. The molecule has 0 atom stereocenters. The molecule has 0 aromatic heterocycles. The van der Waals surface area contributed by atoms with Crippen molar-refractivity contribution in [2.45, 2.75) is 0 Å². The van der Waals surface area contributed by atoms with Crippen LogP contribution in [0.3, 0.4) is 0 Å². The van der Waals surface area contributed by atoms with Crippen LogP contribution in [0, 0.1) is 17.9 Å². The van der Waals surface area contributed by atoms with Crippen molar-refractivity contribution in [1.82, 2.24) is 0 Å². The summed E-state index contributed by atoms with van der Waals surface area (Å²) < 4.78 is 0. The fourth-order valence-corrected chi connectivity index (χ4v) is 3.29. The average Bonchev–Trinajstić information content (AvgIpc) is 2.69. The molecular formula is C22H10N2O2. The number of benzene rings is 2. The molecule has 0 saturated heterocycles. The van der Waals surface area contributed by atoms with Crippen molar-refractivity contribution in [3.05, 3.63) is 106 Å². The van der Waals surface area contributed by atoms with E-state index in [0.717, 1.165) is 0 Å². The lowest BCUT2D eigenvalue weighted by molar-refractivity contribution is 0.102. The zero-order valence-corrected chi connectivity index (χ0v) is 13.5. The van der Waals surface area contributed by atoms with Crippen LogP contribution in [0.2, 0.25) is 0 Å². The van der Waals surface area contributed by atoms with Crippen molar-refractivity contribution >= 4 is 22.7 Å². The molecule has 0 bridgehead atoms. The van der Waals surface area contributed by atoms with Crippen LogP contribution in [0.25, 0.3) is 16.0 Å². The molecule has 2 aromatic rings. The molecule has 0 saturated carbocycles. The molecule has 4 heteroatoms. The van der Waals surface area contributed by atoms with E-state index in [9.17, 15) is 14.9 Å². The van der Waals surface area contributed by atoms with Crippen molar-refractivity contribution in [3.8, 4) is 6.07 Å². The zero-order chi connectivity index (χ0) is 18.3. The van der Waals surface area contributed by atoms with E-state index in [1.165, 1.54) is 0 Å².